The van der Waals surface area contributed by atoms with Gasteiger partial charge in [-0.05, 0) is 55.7 Å². The fourth-order valence-electron chi connectivity index (χ4n) is 3.06. The van der Waals surface area contributed by atoms with Gasteiger partial charge in [-0.25, -0.2) is 8.42 Å². The molecule has 0 bridgehead atoms. The second kappa shape index (κ2) is 8.31. The van der Waals surface area contributed by atoms with Crippen LogP contribution in [0.15, 0.2) is 51.8 Å². The van der Waals surface area contributed by atoms with E-state index in [2.05, 4.69) is 20.7 Å². The number of anilines is 1. The predicted molar refractivity (Wildman–Crippen MR) is 108 cm³/mol. The summed E-state index contributed by atoms with van der Waals surface area (Å²) in [4.78, 5) is 14.5. The number of hydrogen-bond donors (Lipinski definition) is 1. The van der Waals surface area contributed by atoms with Gasteiger partial charge in [0.1, 0.15) is 10.6 Å². The minimum atomic E-state index is -3.93. The molecule has 1 fully saturated rings. The number of halogens is 1. The maximum absolute atomic E-state index is 12.9. The summed E-state index contributed by atoms with van der Waals surface area (Å²) in [5.41, 5.74) is 0.756. The van der Waals surface area contributed by atoms with E-state index in [9.17, 15) is 13.2 Å². The van der Waals surface area contributed by atoms with Gasteiger partial charge in [-0.1, -0.05) is 22.0 Å². The van der Waals surface area contributed by atoms with Crippen molar-refractivity contribution >= 4 is 37.5 Å². The van der Waals surface area contributed by atoms with E-state index >= 15 is 0 Å². The molecule has 0 aromatic heterocycles. The van der Waals surface area contributed by atoms with Crippen LogP contribution in [-0.4, -0.2) is 39.4 Å². The third kappa shape index (κ3) is 4.62. The van der Waals surface area contributed by atoms with Crippen molar-refractivity contribution < 1.29 is 17.9 Å². The number of likely N-dealkylation sites (tertiary alicyclic amines) is 1. The Labute approximate surface area is 167 Å². The first-order valence-corrected chi connectivity index (χ1v) is 10.9. The minimum absolute atomic E-state index is 0.0622. The average Bonchev–Trinajstić information content (AvgIpc) is 2.67. The molecular weight excluding hydrogens is 432 g/mol. The van der Waals surface area contributed by atoms with Crippen LogP contribution in [0, 0.1) is 0 Å². The molecule has 8 heteroatoms. The predicted octanol–water partition coefficient (Wildman–Crippen LogP) is 3.88. The van der Waals surface area contributed by atoms with Gasteiger partial charge in [0.05, 0.1) is 7.11 Å². The maximum atomic E-state index is 12.9. The third-order valence-corrected chi connectivity index (χ3v) is 6.32. The van der Waals surface area contributed by atoms with Gasteiger partial charge in [-0.2, -0.15) is 0 Å². The third-order valence-electron chi connectivity index (χ3n) is 4.42. The lowest BCUT2D eigenvalue weighted by molar-refractivity contribution is 0.0724. The van der Waals surface area contributed by atoms with E-state index in [1.165, 1.54) is 19.2 Å². The van der Waals surface area contributed by atoms with Gasteiger partial charge in [0.2, 0.25) is 0 Å². The highest BCUT2D eigenvalue weighted by atomic mass is 79.9. The monoisotopic (exact) mass is 452 g/mol. The molecule has 1 N–H and O–H groups in total. The molecule has 0 radical (unpaired) electrons. The zero-order valence-electron chi connectivity index (χ0n) is 14.9. The summed E-state index contributed by atoms with van der Waals surface area (Å²) < 4.78 is 34.3. The summed E-state index contributed by atoms with van der Waals surface area (Å²) in [5, 5.41) is 0. The van der Waals surface area contributed by atoms with E-state index in [0.717, 1.165) is 23.7 Å². The van der Waals surface area contributed by atoms with E-state index in [1.807, 2.05) is 0 Å². The number of hydrogen-bond acceptors (Lipinski definition) is 4. The molecule has 27 heavy (non-hydrogen) atoms. The van der Waals surface area contributed by atoms with E-state index in [0.29, 0.717) is 24.3 Å². The quantitative estimate of drug-likeness (QED) is 0.746. The van der Waals surface area contributed by atoms with Crippen LogP contribution in [0.5, 0.6) is 5.75 Å². The number of nitrogens with zero attached hydrogens (tertiary/aromatic N) is 1. The van der Waals surface area contributed by atoms with Crippen LogP contribution in [-0.2, 0) is 10.0 Å². The number of carbonyl (C=O) groups is 1. The lowest BCUT2D eigenvalue weighted by Crippen LogP contribution is -2.35. The van der Waals surface area contributed by atoms with Crippen molar-refractivity contribution in [1.82, 2.24) is 4.90 Å². The standard InChI is InChI=1S/C19H21BrN2O4S/c1-26-17-9-8-14(19(23)22-10-3-2-4-11-22)12-18(17)27(24,25)21-16-7-5-6-15(20)13-16/h5-9,12-13,21H,2-4,10-11H2,1H3. The Bertz CT molecular complexity index is 940. The van der Waals surface area contributed by atoms with Gasteiger partial charge in [-0.15, -0.1) is 0 Å². The highest BCUT2D eigenvalue weighted by molar-refractivity contribution is 9.10. The molecule has 1 amide bonds. The van der Waals surface area contributed by atoms with E-state index in [-0.39, 0.29) is 16.6 Å². The molecular formula is C19H21BrN2O4S. The Balaban J connectivity index is 1.94. The zero-order chi connectivity index (χ0) is 19.4. The highest BCUT2D eigenvalue weighted by Gasteiger charge is 2.24. The van der Waals surface area contributed by atoms with Gasteiger partial charge in [0.15, 0.2) is 0 Å². The molecule has 0 aliphatic carbocycles. The van der Waals surface area contributed by atoms with Gasteiger partial charge < -0.3 is 9.64 Å². The summed E-state index contributed by atoms with van der Waals surface area (Å²) >= 11 is 3.32. The van der Waals surface area contributed by atoms with Crippen LogP contribution in [0.1, 0.15) is 29.6 Å². The van der Waals surface area contributed by atoms with E-state index < -0.39 is 10.0 Å². The van der Waals surface area contributed by atoms with Crippen molar-refractivity contribution in [2.45, 2.75) is 24.2 Å². The average molecular weight is 453 g/mol. The Morgan fingerprint density at radius 3 is 2.52 bits per heavy atom. The fourth-order valence-corrected chi connectivity index (χ4v) is 4.71. The molecule has 6 nitrogen and oxygen atoms in total. The van der Waals surface area contributed by atoms with Crippen molar-refractivity contribution in [2.24, 2.45) is 0 Å². The fraction of sp³-hybridized carbons (Fsp3) is 0.316. The Hall–Kier alpha value is -2.06. The Morgan fingerprint density at radius 1 is 1.11 bits per heavy atom. The number of carbonyl (C=O) groups excluding carboxylic acids is 1. The van der Waals surface area contributed by atoms with Gasteiger partial charge >= 0.3 is 0 Å². The zero-order valence-corrected chi connectivity index (χ0v) is 17.3. The lowest BCUT2D eigenvalue weighted by atomic mass is 10.1. The summed E-state index contributed by atoms with van der Waals surface area (Å²) in [6, 6.07) is 11.4. The summed E-state index contributed by atoms with van der Waals surface area (Å²) in [6.07, 6.45) is 3.05. The Morgan fingerprint density at radius 2 is 1.85 bits per heavy atom. The van der Waals surface area contributed by atoms with E-state index in [4.69, 9.17) is 4.74 Å². The summed E-state index contributed by atoms with van der Waals surface area (Å²) in [5.74, 6) is 0.0314. The molecule has 1 aliphatic heterocycles. The summed E-state index contributed by atoms with van der Waals surface area (Å²) in [6.45, 7) is 1.40. The number of sulfonamides is 1. The van der Waals surface area contributed by atoms with Gasteiger partial charge in [0.25, 0.3) is 15.9 Å². The van der Waals surface area contributed by atoms with Crippen molar-refractivity contribution in [3.63, 3.8) is 0 Å². The number of piperidine rings is 1. The first kappa shape index (κ1) is 19.7. The van der Waals surface area contributed by atoms with Crippen LogP contribution in [0.25, 0.3) is 0 Å². The van der Waals surface area contributed by atoms with Crippen molar-refractivity contribution in [3.8, 4) is 5.75 Å². The number of rotatable bonds is 5. The maximum Gasteiger partial charge on any atom is 0.265 e. The van der Waals surface area contributed by atoms with Crippen LogP contribution < -0.4 is 9.46 Å². The molecule has 0 saturated carbocycles. The Kier molecular flexibility index (Phi) is 6.06. The van der Waals surface area contributed by atoms with Crippen molar-refractivity contribution in [1.29, 1.82) is 0 Å². The number of ether oxygens (including phenoxy) is 1. The lowest BCUT2D eigenvalue weighted by Gasteiger charge is -2.27. The second-order valence-corrected chi connectivity index (χ2v) is 8.90. The second-order valence-electron chi connectivity index (χ2n) is 6.33. The molecule has 0 atom stereocenters. The van der Waals surface area contributed by atoms with Crippen LogP contribution >= 0.6 is 15.9 Å². The summed E-state index contributed by atoms with van der Waals surface area (Å²) in [7, 11) is -2.52. The first-order valence-electron chi connectivity index (χ1n) is 8.66. The molecule has 1 saturated heterocycles. The molecule has 0 unspecified atom stereocenters. The van der Waals surface area contributed by atoms with Gasteiger partial charge in [-0.3, -0.25) is 9.52 Å². The molecule has 1 heterocycles. The molecule has 1 aliphatic rings. The number of methoxy groups -OCH3 is 1. The van der Waals surface area contributed by atoms with Crippen molar-refractivity contribution in [3.05, 3.63) is 52.5 Å². The van der Waals surface area contributed by atoms with Crippen LogP contribution in [0.3, 0.4) is 0 Å². The number of nitrogens with one attached hydrogen (secondary N) is 1. The normalized spacial score (nSPS) is 14.7. The largest absolute Gasteiger partial charge is 0.495 e. The smallest absolute Gasteiger partial charge is 0.265 e. The topological polar surface area (TPSA) is 75.7 Å². The SMILES string of the molecule is COc1ccc(C(=O)N2CCCCC2)cc1S(=O)(=O)Nc1cccc(Br)c1. The number of amides is 1. The molecule has 0 spiro atoms. The minimum Gasteiger partial charge on any atom is -0.495 e. The molecule has 2 aromatic rings. The van der Waals surface area contributed by atoms with Crippen molar-refractivity contribution in [2.75, 3.05) is 24.9 Å². The van der Waals surface area contributed by atoms with Crippen LogP contribution in [0.2, 0.25) is 0 Å². The van der Waals surface area contributed by atoms with Crippen LogP contribution in [0.4, 0.5) is 5.69 Å². The van der Waals surface area contributed by atoms with Gasteiger partial charge in [0, 0.05) is 28.8 Å². The highest BCUT2D eigenvalue weighted by Crippen LogP contribution is 2.28. The molecule has 144 valence electrons. The first-order chi connectivity index (χ1) is 12.9. The molecule has 2 aromatic carbocycles. The number of benzene rings is 2. The van der Waals surface area contributed by atoms with E-state index in [1.54, 1.807) is 35.2 Å². The molecule has 3 rings (SSSR count).